The van der Waals surface area contributed by atoms with Gasteiger partial charge in [-0.15, -0.1) is 0 Å². The molecule has 19 heavy (non-hydrogen) atoms. The molecule has 1 aromatic rings. The zero-order valence-electron chi connectivity index (χ0n) is 13.4. The minimum atomic E-state index is 0.435. The minimum absolute atomic E-state index is 0.435. The molecule has 0 spiro atoms. The fourth-order valence-electron chi connectivity index (χ4n) is 3.23. The largest absolute Gasteiger partial charge is 0.310 e. The highest BCUT2D eigenvalue weighted by Gasteiger charge is 2.64. The summed E-state index contributed by atoms with van der Waals surface area (Å²) in [6.45, 7) is 14.0. The van der Waals surface area contributed by atoms with Crippen LogP contribution in [0.1, 0.15) is 52.2 Å². The van der Waals surface area contributed by atoms with Gasteiger partial charge in [-0.3, -0.25) is 0 Å². The van der Waals surface area contributed by atoms with Crippen molar-refractivity contribution in [1.82, 2.24) is 5.32 Å². The third-order valence-electron chi connectivity index (χ3n) is 5.42. The Hall–Kier alpha value is -0.820. The highest BCUT2D eigenvalue weighted by Crippen LogP contribution is 2.62. The van der Waals surface area contributed by atoms with Crippen molar-refractivity contribution in [2.75, 3.05) is 0 Å². The molecule has 106 valence electrons. The first-order valence-electron chi connectivity index (χ1n) is 7.57. The Bertz CT molecular complexity index is 431. The fraction of sp³-hybridized carbons (Fsp3) is 0.667. The molecule has 1 fully saturated rings. The number of hydrogen-bond donors (Lipinski definition) is 1. The topological polar surface area (TPSA) is 12.0 Å². The summed E-state index contributed by atoms with van der Waals surface area (Å²) in [5.41, 5.74) is 3.69. The van der Waals surface area contributed by atoms with E-state index in [1.165, 1.54) is 24.0 Å². The smallest absolute Gasteiger partial charge is 0.0183 e. The molecule has 1 nitrogen and oxygen atoms in total. The van der Waals surface area contributed by atoms with E-state index in [0.29, 0.717) is 22.9 Å². The molecule has 0 aliphatic heterocycles. The third-order valence-corrected chi connectivity index (χ3v) is 5.42. The van der Waals surface area contributed by atoms with Crippen molar-refractivity contribution < 1.29 is 0 Å². The van der Waals surface area contributed by atoms with Gasteiger partial charge in [-0.05, 0) is 43.1 Å². The normalized spacial score (nSPS) is 22.2. The Morgan fingerprint density at radius 2 is 1.79 bits per heavy atom. The summed E-state index contributed by atoms with van der Waals surface area (Å²) in [5, 5.41) is 3.82. The molecule has 1 unspecified atom stereocenters. The van der Waals surface area contributed by atoms with Gasteiger partial charge in [0.1, 0.15) is 0 Å². The predicted molar refractivity (Wildman–Crippen MR) is 83.4 cm³/mol. The minimum Gasteiger partial charge on any atom is -0.310 e. The van der Waals surface area contributed by atoms with Gasteiger partial charge < -0.3 is 5.32 Å². The molecule has 1 saturated carbocycles. The Morgan fingerprint density at radius 3 is 2.32 bits per heavy atom. The van der Waals surface area contributed by atoms with E-state index in [9.17, 15) is 0 Å². The van der Waals surface area contributed by atoms with Crippen LogP contribution in [0.3, 0.4) is 0 Å². The molecule has 0 amide bonds. The monoisotopic (exact) mass is 259 g/mol. The second-order valence-electron chi connectivity index (χ2n) is 7.47. The van der Waals surface area contributed by atoms with Crippen molar-refractivity contribution in [3.63, 3.8) is 0 Å². The van der Waals surface area contributed by atoms with Crippen molar-refractivity contribution in [1.29, 1.82) is 0 Å². The Morgan fingerprint density at radius 1 is 1.16 bits per heavy atom. The zero-order chi connectivity index (χ0) is 14.3. The van der Waals surface area contributed by atoms with Gasteiger partial charge in [0.25, 0.3) is 0 Å². The standard InChI is InChI=1S/C18H29N/c1-13-8-7-9-15(12-13)11-10-14(2)19-16-17(3,4)18(16,5)6/h7-9,12,14,16,19H,10-11H2,1-6H3. The van der Waals surface area contributed by atoms with Gasteiger partial charge in [0.15, 0.2) is 0 Å². The molecule has 0 bridgehead atoms. The van der Waals surface area contributed by atoms with Crippen molar-refractivity contribution >= 4 is 0 Å². The maximum Gasteiger partial charge on any atom is 0.0183 e. The second-order valence-corrected chi connectivity index (χ2v) is 7.47. The van der Waals surface area contributed by atoms with E-state index in [1.807, 2.05) is 0 Å². The number of benzene rings is 1. The summed E-state index contributed by atoms with van der Waals surface area (Å²) in [6.07, 6.45) is 2.38. The highest BCUT2D eigenvalue weighted by atomic mass is 15.1. The predicted octanol–water partition coefficient (Wildman–Crippen LogP) is 4.34. The maximum absolute atomic E-state index is 3.82. The van der Waals surface area contributed by atoms with Gasteiger partial charge in [0.2, 0.25) is 0 Å². The van der Waals surface area contributed by atoms with E-state index >= 15 is 0 Å². The first kappa shape index (κ1) is 14.6. The van der Waals surface area contributed by atoms with Crippen LogP contribution in [-0.4, -0.2) is 12.1 Å². The lowest BCUT2D eigenvalue weighted by molar-refractivity contribution is 0.457. The van der Waals surface area contributed by atoms with E-state index in [-0.39, 0.29) is 0 Å². The summed E-state index contributed by atoms with van der Waals surface area (Å²) < 4.78 is 0. The van der Waals surface area contributed by atoms with Crippen LogP contribution < -0.4 is 5.32 Å². The molecule has 0 heterocycles. The van der Waals surface area contributed by atoms with Crippen molar-refractivity contribution in [2.24, 2.45) is 10.8 Å². The van der Waals surface area contributed by atoms with Gasteiger partial charge in [-0.1, -0.05) is 57.5 Å². The van der Waals surface area contributed by atoms with Crippen LogP contribution in [0, 0.1) is 17.8 Å². The van der Waals surface area contributed by atoms with Gasteiger partial charge >= 0.3 is 0 Å². The molecule has 0 radical (unpaired) electrons. The van der Waals surface area contributed by atoms with Crippen molar-refractivity contribution in [2.45, 2.75) is 66.5 Å². The first-order valence-corrected chi connectivity index (χ1v) is 7.57. The van der Waals surface area contributed by atoms with E-state index in [4.69, 9.17) is 0 Å². The molecule has 2 rings (SSSR count). The lowest BCUT2D eigenvalue weighted by atomic mass is 10.0. The van der Waals surface area contributed by atoms with Crippen LogP contribution in [-0.2, 0) is 6.42 Å². The number of hydrogen-bond acceptors (Lipinski definition) is 1. The van der Waals surface area contributed by atoms with Gasteiger partial charge in [-0.2, -0.15) is 0 Å². The number of aryl methyl sites for hydroxylation is 2. The Labute approximate surface area is 118 Å². The molecule has 1 heteroatoms. The second kappa shape index (κ2) is 4.94. The molecule has 1 aliphatic carbocycles. The zero-order valence-corrected chi connectivity index (χ0v) is 13.4. The summed E-state index contributed by atoms with van der Waals surface area (Å²) in [4.78, 5) is 0. The lowest BCUT2D eigenvalue weighted by Crippen LogP contribution is -2.32. The van der Waals surface area contributed by atoms with Crippen molar-refractivity contribution in [3.05, 3.63) is 35.4 Å². The van der Waals surface area contributed by atoms with Crippen LogP contribution in [0.4, 0.5) is 0 Å². The van der Waals surface area contributed by atoms with E-state index in [1.54, 1.807) is 0 Å². The van der Waals surface area contributed by atoms with Crippen LogP contribution in [0.25, 0.3) is 0 Å². The molecular formula is C18H29N. The summed E-state index contributed by atoms with van der Waals surface area (Å²) in [5.74, 6) is 0. The third kappa shape index (κ3) is 2.86. The van der Waals surface area contributed by atoms with E-state index in [0.717, 1.165) is 0 Å². The summed E-state index contributed by atoms with van der Waals surface area (Å²) >= 11 is 0. The number of nitrogens with one attached hydrogen (secondary N) is 1. The lowest BCUT2D eigenvalue weighted by Gasteiger charge is -2.15. The average Bonchev–Trinajstić information content (AvgIpc) is 2.69. The molecule has 0 saturated heterocycles. The van der Waals surface area contributed by atoms with E-state index in [2.05, 4.69) is 71.1 Å². The van der Waals surface area contributed by atoms with Gasteiger partial charge in [0, 0.05) is 12.1 Å². The molecular weight excluding hydrogens is 230 g/mol. The maximum atomic E-state index is 3.82. The molecule has 1 aromatic carbocycles. The number of rotatable bonds is 5. The molecule has 1 atom stereocenters. The van der Waals surface area contributed by atoms with Gasteiger partial charge in [-0.25, -0.2) is 0 Å². The first-order chi connectivity index (χ1) is 8.75. The molecule has 1 aliphatic rings. The van der Waals surface area contributed by atoms with Crippen molar-refractivity contribution in [3.8, 4) is 0 Å². The molecule has 1 N–H and O–H groups in total. The Balaban J connectivity index is 1.82. The summed E-state index contributed by atoms with van der Waals surface area (Å²) in [7, 11) is 0. The quantitative estimate of drug-likeness (QED) is 0.829. The fourth-order valence-corrected chi connectivity index (χ4v) is 3.23. The van der Waals surface area contributed by atoms with Crippen LogP contribution >= 0.6 is 0 Å². The van der Waals surface area contributed by atoms with Crippen LogP contribution in [0.5, 0.6) is 0 Å². The van der Waals surface area contributed by atoms with Crippen LogP contribution in [0.15, 0.2) is 24.3 Å². The summed E-state index contributed by atoms with van der Waals surface area (Å²) in [6, 6.07) is 10.1. The highest BCUT2D eigenvalue weighted by molar-refractivity contribution is 5.22. The van der Waals surface area contributed by atoms with E-state index < -0.39 is 0 Å². The SMILES string of the molecule is Cc1cccc(CCC(C)NC2C(C)(C)C2(C)C)c1. The average molecular weight is 259 g/mol. The Kier molecular flexibility index (Phi) is 3.79. The van der Waals surface area contributed by atoms with Crippen LogP contribution in [0.2, 0.25) is 0 Å². The molecule has 0 aromatic heterocycles. The van der Waals surface area contributed by atoms with Gasteiger partial charge in [0.05, 0.1) is 0 Å².